The molecule has 2 aromatic carbocycles. The van der Waals surface area contributed by atoms with Crippen molar-refractivity contribution in [3.63, 3.8) is 0 Å². The standard InChI is InChI=1S/C26H27N5O/c1-19-6-8-22(9-7-19)24-16-25-28-23(18-27-17-21-5-3-4-20(2)14-21)15-26(31(25)29-24)30-10-12-32-13-11-30/h3-9,14-17H,10-13,18H2,1-2H3. The molecular formula is C26H27N5O. The molecule has 0 amide bonds. The molecule has 0 N–H and O–H groups in total. The van der Waals surface area contributed by atoms with E-state index in [0.717, 1.165) is 60.3 Å². The molecule has 6 nitrogen and oxygen atoms in total. The number of hydrogen-bond acceptors (Lipinski definition) is 5. The minimum absolute atomic E-state index is 0.521. The van der Waals surface area contributed by atoms with Crippen LogP contribution in [0.2, 0.25) is 0 Å². The van der Waals surface area contributed by atoms with Gasteiger partial charge in [0, 0.05) is 37.0 Å². The number of hydrogen-bond donors (Lipinski definition) is 0. The van der Waals surface area contributed by atoms with Crippen molar-refractivity contribution in [1.29, 1.82) is 0 Å². The van der Waals surface area contributed by atoms with Crippen molar-refractivity contribution in [2.24, 2.45) is 4.99 Å². The molecule has 0 aliphatic carbocycles. The predicted octanol–water partition coefficient (Wildman–Crippen LogP) is 4.47. The van der Waals surface area contributed by atoms with Crippen LogP contribution in [0.15, 0.2) is 65.7 Å². The molecule has 0 bridgehead atoms. The molecule has 0 radical (unpaired) electrons. The lowest BCUT2D eigenvalue weighted by atomic mass is 10.1. The number of aliphatic imine (C=N–C) groups is 1. The Hall–Kier alpha value is -3.51. The van der Waals surface area contributed by atoms with E-state index in [9.17, 15) is 0 Å². The van der Waals surface area contributed by atoms with Crippen LogP contribution in [-0.4, -0.2) is 47.1 Å². The molecule has 1 saturated heterocycles. The molecule has 162 valence electrons. The Morgan fingerprint density at radius 2 is 1.78 bits per heavy atom. The number of anilines is 1. The van der Waals surface area contributed by atoms with Crippen LogP contribution < -0.4 is 4.90 Å². The van der Waals surface area contributed by atoms with Crippen molar-refractivity contribution in [3.8, 4) is 11.3 Å². The summed E-state index contributed by atoms with van der Waals surface area (Å²) < 4.78 is 7.51. The molecular weight excluding hydrogens is 398 g/mol. The molecule has 2 aromatic heterocycles. The van der Waals surface area contributed by atoms with Crippen LogP contribution in [0.3, 0.4) is 0 Å². The van der Waals surface area contributed by atoms with E-state index in [-0.39, 0.29) is 0 Å². The van der Waals surface area contributed by atoms with E-state index >= 15 is 0 Å². The highest BCUT2D eigenvalue weighted by Gasteiger charge is 2.18. The summed E-state index contributed by atoms with van der Waals surface area (Å²) in [6.45, 7) is 7.82. The lowest BCUT2D eigenvalue weighted by Crippen LogP contribution is -2.37. The molecule has 0 atom stereocenters. The summed E-state index contributed by atoms with van der Waals surface area (Å²) in [6, 6.07) is 20.9. The summed E-state index contributed by atoms with van der Waals surface area (Å²) >= 11 is 0. The van der Waals surface area contributed by atoms with E-state index in [1.807, 2.05) is 10.7 Å². The molecule has 1 aliphatic heterocycles. The van der Waals surface area contributed by atoms with Crippen molar-refractivity contribution in [2.75, 3.05) is 31.2 Å². The fourth-order valence-electron chi connectivity index (χ4n) is 3.97. The monoisotopic (exact) mass is 425 g/mol. The molecule has 5 rings (SSSR count). The van der Waals surface area contributed by atoms with Crippen LogP contribution in [0, 0.1) is 13.8 Å². The van der Waals surface area contributed by atoms with E-state index in [1.165, 1.54) is 11.1 Å². The Bertz CT molecular complexity index is 1250. The number of ether oxygens (including phenoxy) is 1. The lowest BCUT2D eigenvalue weighted by molar-refractivity contribution is 0.122. The van der Waals surface area contributed by atoms with Gasteiger partial charge in [0.1, 0.15) is 5.82 Å². The van der Waals surface area contributed by atoms with Gasteiger partial charge in [-0.1, -0.05) is 59.7 Å². The number of morpholine rings is 1. The third-order valence-electron chi connectivity index (χ3n) is 5.68. The van der Waals surface area contributed by atoms with Gasteiger partial charge in [-0.15, -0.1) is 0 Å². The average Bonchev–Trinajstić information content (AvgIpc) is 3.24. The number of fused-ring (bicyclic) bond motifs is 1. The maximum atomic E-state index is 5.56. The minimum Gasteiger partial charge on any atom is -0.378 e. The van der Waals surface area contributed by atoms with E-state index in [0.29, 0.717) is 6.54 Å². The van der Waals surface area contributed by atoms with Gasteiger partial charge in [-0.25, -0.2) is 4.98 Å². The van der Waals surface area contributed by atoms with Crippen LogP contribution in [0.5, 0.6) is 0 Å². The maximum absolute atomic E-state index is 5.56. The number of nitrogens with zero attached hydrogens (tertiary/aromatic N) is 5. The Morgan fingerprint density at radius 1 is 0.969 bits per heavy atom. The zero-order valence-corrected chi connectivity index (χ0v) is 18.5. The second-order valence-electron chi connectivity index (χ2n) is 8.25. The van der Waals surface area contributed by atoms with Crippen molar-refractivity contribution < 1.29 is 4.74 Å². The summed E-state index contributed by atoms with van der Waals surface area (Å²) in [5.74, 6) is 1.04. The van der Waals surface area contributed by atoms with Crippen LogP contribution in [0.1, 0.15) is 22.4 Å². The number of aromatic nitrogens is 3. The van der Waals surface area contributed by atoms with Gasteiger partial charge in [0.2, 0.25) is 0 Å². The number of benzene rings is 2. The highest BCUT2D eigenvalue weighted by molar-refractivity contribution is 5.79. The normalized spacial score (nSPS) is 14.5. The third kappa shape index (κ3) is 4.41. The maximum Gasteiger partial charge on any atom is 0.158 e. The SMILES string of the molecule is Cc1ccc(-c2cc3nc(CN=Cc4cccc(C)c4)cc(N4CCOCC4)n3n2)cc1. The predicted molar refractivity (Wildman–Crippen MR) is 129 cm³/mol. The topological polar surface area (TPSA) is 55.0 Å². The van der Waals surface area contributed by atoms with E-state index in [4.69, 9.17) is 14.8 Å². The zero-order valence-electron chi connectivity index (χ0n) is 18.5. The summed E-state index contributed by atoms with van der Waals surface area (Å²) in [5, 5.41) is 4.90. The van der Waals surface area contributed by atoms with Gasteiger partial charge in [0.25, 0.3) is 0 Å². The van der Waals surface area contributed by atoms with Crippen LogP contribution in [-0.2, 0) is 11.3 Å². The molecule has 3 heterocycles. The molecule has 1 fully saturated rings. The molecule has 0 spiro atoms. The Kier molecular flexibility index (Phi) is 5.69. The Morgan fingerprint density at radius 3 is 2.56 bits per heavy atom. The second-order valence-corrected chi connectivity index (χ2v) is 8.25. The van der Waals surface area contributed by atoms with Gasteiger partial charge < -0.3 is 9.64 Å². The van der Waals surface area contributed by atoms with E-state index in [2.05, 4.69) is 84.4 Å². The van der Waals surface area contributed by atoms with Gasteiger partial charge in [-0.3, -0.25) is 4.99 Å². The molecule has 1 aliphatic rings. The summed E-state index contributed by atoms with van der Waals surface area (Å²) in [4.78, 5) is 11.8. The molecule has 32 heavy (non-hydrogen) atoms. The summed E-state index contributed by atoms with van der Waals surface area (Å²) in [5.41, 5.74) is 7.35. The molecule has 4 aromatic rings. The second kappa shape index (κ2) is 8.93. The zero-order chi connectivity index (χ0) is 21.9. The Labute approximate surface area is 188 Å². The van der Waals surface area contributed by atoms with Crippen molar-refractivity contribution in [3.05, 3.63) is 83.0 Å². The quantitative estimate of drug-likeness (QED) is 0.443. The Balaban J connectivity index is 1.50. The first-order chi connectivity index (χ1) is 15.7. The van der Waals surface area contributed by atoms with Gasteiger partial charge >= 0.3 is 0 Å². The first-order valence-corrected chi connectivity index (χ1v) is 11.0. The smallest absolute Gasteiger partial charge is 0.158 e. The van der Waals surface area contributed by atoms with Gasteiger partial charge in [-0.05, 0) is 19.4 Å². The minimum atomic E-state index is 0.521. The van der Waals surface area contributed by atoms with E-state index < -0.39 is 0 Å². The van der Waals surface area contributed by atoms with Crippen LogP contribution in [0.4, 0.5) is 5.82 Å². The van der Waals surface area contributed by atoms with Crippen molar-refractivity contribution in [1.82, 2.24) is 14.6 Å². The number of rotatable bonds is 5. The fraction of sp³-hybridized carbons (Fsp3) is 0.269. The number of aryl methyl sites for hydroxylation is 2. The van der Waals surface area contributed by atoms with Crippen molar-refractivity contribution >= 4 is 17.7 Å². The van der Waals surface area contributed by atoms with Gasteiger partial charge in [0.15, 0.2) is 5.65 Å². The third-order valence-corrected chi connectivity index (χ3v) is 5.68. The summed E-state index contributed by atoms with van der Waals surface area (Å²) in [6.07, 6.45) is 1.92. The van der Waals surface area contributed by atoms with Gasteiger partial charge in [0.05, 0.1) is 31.1 Å². The first kappa shape index (κ1) is 20.4. The van der Waals surface area contributed by atoms with Crippen molar-refractivity contribution in [2.45, 2.75) is 20.4 Å². The van der Waals surface area contributed by atoms with Gasteiger partial charge in [-0.2, -0.15) is 9.61 Å². The van der Waals surface area contributed by atoms with Crippen LogP contribution >= 0.6 is 0 Å². The lowest BCUT2D eigenvalue weighted by Gasteiger charge is -2.29. The highest BCUT2D eigenvalue weighted by atomic mass is 16.5. The van der Waals surface area contributed by atoms with Crippen LogP contribution in [0.25, 0.3) is 16.9 Å². The average molecular weight is 426 g/mol. The summed E-state index contributed by atoms with van der Waals surface area (Å²) in [7, 11) is 0. The molecule has 0 unspecified atom stereocenters. The first-order valence-electron chi connectivity index (χ1n) is 11.0. The van der Waals surface area contributed by atoms with E-state index in [1.54, 1.807) is 0 Å². The fourth-order valence-corrected chi connectivity index (χ4v) is 3.97. The molecule has 6 heteroatoms. The largest absolute Gasteiger partial charge is 0.378 e. The highest BCUT2D eigenvalue weighted by Crippen LogP contribution is 2.25. The molecule has 0 saturated carbocycles.